The third kappa shape index (κ3) is 7.52. The molecule has 2 N–H and O–H groups in total. The summed E-state index contributed by atoms with van der Waals surface area (Å²) in [6.07, 6.45) is 4.51. The van der Waals surface area contributed by atoms with Gasteiger partial charge in [0.2, 0.25) is 17.6 Å². The van der Waals surface area contributed by atoms with Crippen molar-refractivity contribution in [3.63, 3.8) is 0 Å². The predicted molar refractivity (Wildman–Crippen MR) is 209 cm³/mol. The highest BCUT2D eigenvalue weighted by atomic mass is 19.4. The second-order valence-electron chi connectivity index (χ2n) is 15.6. The number of imide groups is 1. The number of para-hydroxylation sites is 1. The van der Waals surface area contributed by atoms with Gasteiger partial charge in [0.1, 0.15) is 17.5 Å². The van der Waals surface area contributed by atoms with E-state index in [1.165, 1.54) is 11.7 Å². The molecule has 5 heterocycles. The van der Waals surface area contributed by atoms with E-state index in [1.54, 1.807) is 23.7 Å². The lowest BCUT2D eigenvalue weighted by Crippen LogP contribution is -2.45. The second-order valence-corrected chi connectivity index (χ2v) is 15.6. The molecule has 1 atom stereocenters. The predicted octanol–water partition coefficient (Wildman–Crippen LogP) is 5.07. The standard InChI is InChI=1S/C40H45F3N10O5/c1-49(25-14-17-51(18-15-25)30-5-4-6-31-35(30)50(2)39(57)53(31)32-11-12-34(54)47-37(32)56)21-23-7-9-26(10-8-23)52-22-24-19-29(33(58-3)20-28(24)48-52)45-36(55)27-13-16-44-38(46-27)40(41,42)43/h4-6,13,16,19-20,22-23,25-26,32H,7-12,14-15,17-18,21H2,1-3H3,(H,45,55)(H,47,54,56)/t23-,26-,32?. The van der Waals surface area contributed by atoms with Gasteiger partial charge in [0.25, 0.3) is 5.91 Å². The van der Waals surface area contributed by atoms with Gasteiger partial charge in [-0.3, -0.25) is 33.5 Å². The van der Waals surface area contributed by atoms with Crippen LogP contribution in [0.5, 0.6) is 5.75 Å². The Kier molecular flexibility index (Phi) is 10.5. The number of benzene rings is 2. The van der Waals surface area contributed by atoms with Crippen molar-refractivity contribution < 1.29 is 32.3 Å². The van der Waals surface area contributed by atoms with Gasteiger partial charge in [-0.05, 0) is 82.2 Å². The van der Waals surface area contributed by atoms with Gasteiger partial charge in [-0.15, -0.1) is 0 Å². The Hall–Kier alpha value is -5.78. The Morgan fingerprint density at radius 2 is 1.79 bits per heavy atom. The number of nitrogens with zero attached hydrogens (tertiary/aromatic N) is 8. The van der Waals surface area contributed by atoms with Gasteiger partial charge >= 0.3 is 11.9 Å². The van der Waals surface area contributed by atoms with Gasteiger partial charge in [0.15, 0.2) is 0 Å². The molecule has 5 aromatic rings. The number of rotatable bonds is 9. The number of piperidine rings is 2. The van der Waals surface area contributed by atoms with Gasteiger partial charge in [0, 0.05) is 63.0 Å². The number of carbonyl (C=O) groups excluding carboxylic acids is 3. The third-order valence-corrected chi connectivity index (χ3v) is 12.0. The summed E-state index contributed by atoms with van der Waals surface area (Å²) >= 11 is 0. The van der Waals surface area contributed by atoms with Crippen molar-refractivity contribution in [3.05, 3.63) is 70.8 Å². The van der Waals surface area contributed by atoms with E-state index < -0.39 is 35.6 Å². The van der Waals surface area contributed by atoms with E-state index in [0.717, 1.165) is 87.0 Å². The zero-order valence-electron chi connectivity index (χ0n) is 32.5. The molecule has 1 unspecified atom stereocenters. The molecular formula is C40H45F3N10O5. The van der Waals surface area contributed by atoms with Crippen molar-refractivity contribution >= 4 is 51.0 Å². The largest absolute Gasteiger partial charge is 0.494 e. The number of hydrogen-bond donors (Lipinski definition) is 2. The van der Waals surface area contributed by atoms with Crippen molar-refractivity contribution in [1.82, 2.24) is 39.1 Å². The molecule has 8 rings (SSSR count). The molecule has 1 saturated carbocycles. The Morgan fingerprint density at radius 3 is 2.50 bits per heavy atom. The van der Waals surface area contributed by atoms with Crippen LogP contribution in [0.1, 0.15) is 79.8 Å². The number of imidazole rings is 1. The fourth-order valence-electron chi connectivity index (χ4n) is 8.93. The summed E-state index contributed by atoms with van der Waals surface area (Å²) in [4.78, 5) is 62.2. The lowest BCUT2D eigenvalue weighted by Gasteiger charge is -2.40. The number of hydrogen-bond acceptors (Lipinski definition) is 10. The van der Waals surface area contributed by atoms with E-state index in [0.29, 0.717) is 35.2 Å². The summed E-state index contributed by atoms with van der Waals surface area (Å²) in [5.41, 5.74) is 2.73. The number of fused-ring (bicyclic) bond motifs is 2. The van der Waals surface area contributed by atoms with Crippen molar-refractivity contribution in [3.8, 4) is 5.75 Å². The van der Waals surface area contributed by atoms with Crippen LogP contribution in [0.25, 0.3) is 21.9 Å². The molecule has 0 bridgehead atoms. The maximum atomic E-state index is 13.4. The highest BCUT2D eigenvalue weighted by Gasteiger charge is 2.36. The zero-order chi connectivity index (χ0) is 40.9. The first-order valence-corrected chi connectivity index (χ1v) is 19.6. The zero-order valence-corrected chi connectivity index (χ0v) is 32.5. The number of aromatic nitrogens is 6. The van der Waals surface area contributed by atoms with Gasteiger partial charge in [-0.2, -0.15) is 18.3 Å². The maximum absolute atomic E-state index is 13.4. The molecule has 3 fully saturated rings. The first kappa shape index (κ1) is 39.1. The number of carbonyl (C=O) groups is 3. The summed E-state index contributed by atoms with van der Waals surface area (Å²) in [7, 11) is 5.39. The Bertz CT molecular complexity index is 2440. The van der Waals surface area contributed by atoms with Crippen LogP contribution in [0.2, 0.25) is 0 Å². The SMILES string of the molecule is COc1cc2nn([C@H]3CC[C@H](CN(C)C4CCN(c5cccc6c5n(C)c(=O)n6C5CCC(=O)NC5=O)CC4)CC3)cc2cc1NC(=O)c1ccnc(C(F)(F)F)n1. The van der Waals surface area contributed by atoms with Gasteiger partial charge < -0.3 is 19.9 Å². The number of alkyl halides is 3. The van der Waals surface area contributed by atoms with Crippen LogP contribution in [0.3, 0.4) is 0 Å². The molecule has 0 spiro atoms. The molecule has 2 aromatic carbocycles. The van der Waals surface area contributed by atoms with Crippen molar-refractivity contribution in [2.24, 2.45) is 13.0 Å². The lowest BCUT2D eigenvalue weighted by atomic mass is 9.85. The molecule has 3 amide bonds. The maximum Gasteiger partial charge on any atom is 0.451 e. The summed E-state index contributed by atoms with van der Waals surface area (Å²) < 4.78 is 50.0. The minimum Gasteiger partial charge on any atom is -0.494 e. The molecule has 306 valence electrons. The Labute approximate surface area is 331 Å². The molecule has 3 aromatic heterocycles. The topological polar surface area (TPSA) is 162 Å². The number of amides is 3. The summed E-state index contributed by atoms with van der Waals surface area (Å²) in [6, 6.07) is 10.3. The minimum atomic E-state index is -4.78. The number of aryl methyl sites for hydroxylation is 1. The van der Waals surface area contributed by atoms with Crippen LogP contribution in [0.4, 0.5) is 24.5 Å². The smallest absolute Gasteiger partial charge is 0.451 e. The summed E-state index contributed by atoms with van der Waals surface area (Å²) in [5.74, 6) is -2.11. The number of anilines is 2. The van der Waals surface area contributed by atoms with E-state index in [1.807, 2.05) is 29.1 Å². The van der Waals surface area contributed by atoms with E-state index in [4.69, 9.17) is 9.84 Å². The van der Waals surface area contributed by atoms with Crippen molar-refractivity contribution in [2.75, 3.05) is 44.0 Å². The third-order valence-electron chi connectivity index (χ3n) is 12.0. The minimum absolute atomic E-state index is 0.196. The highest BCUT2D eigenvalue weighted by molar-refractivity contribution is 6.05. The van der Waals surface area contributed by atoms with E-state index >= 15 is 0 Å². The molecule has 2 saturated heterocycles. The van der Waals surface area contributed by atoms with E-state index in [-0.39, 0.29) is 29.7 Å². The number of halogens is 3. The molecule has 15 nitrogen and oxygen atoms in total. The fourth-order valence-corrected chi connectivity index (χ4v) is 8.93. The summed E-state index contributed by atoms with van der Waals surface area (Å²) in [6.45, 7) is 2.66. The quantitative estimate of drug-likeness (QED) is 0.193. The molecular weight excluding hydrogens is 757 g/mol. The van der Waals surface area contributed by atoms with Crippen LogP contribution < -0.4 is 26.0 Å². The summed E-state index contributed by atoms with van der Waals surface area (Å²) in [5, 5.41) is 10.6. The molecule has 1 aliphatic carbocycles. The van der Waals surface area contributed by atoms with E-state index in [2.05, 4.69) is 37.4 Å². The Morgan fingerprint density at radius 1 is 1.03 bits per heavy atom. The molecule has 0 radical (unpaired) electrons. The molecule has 58 heavy (non-hydrogen) atoms. The van der Waals surface area contributed by atoms with Crippen LogP contribution >= 0.6 is 0 Å². The molecule has 2 aliphatic heterocycles. The first-order valence-electron chi connectivity index (χ1n) is 19.6. The molecule has 3 aliphatic rings. The monoisotopic (exact) mass is 802 g/mol. The Balaban J connectivity index is 0.866. The van der Waals surface area contributed by atoms with Crippen LogP contribution in [-0.2, 0) is 22.8 Å². The first-order chi connectivity index (χ1) is 27.8. The van der Waals surface area contributed by atoms with Gasteiger partial charge in [0.05, 0.1) is 41.1 Å². The average molecular weight is 803 g/mol. The van der Waals surface area contributed by atoms with Crippen molar-refractivity contribution in [2.45, 2.75) is 75.7 Å². The fraction of sp³-hybridized carbons (Fsp3) is 0.475. The number of nitrogens with one attached hydrogen (secondary N) is 2. The van der Waals surface area contributed by atoms with Crippen LogP contribution in [-0.4, -0.2) is 91.3 Å². The van der Waals surface area contributed by atoms with Crippen molar-refractivity contribution in [1.29, 1.82) is 0 Å². The number of ether oxygens (including phenoxy) is 1. The highest BCUT2D eigenvalue weighted by Crippen LogP contribution is 2.37. The van der Waals surface area contributed by atoms with Gasteiger partial charge in [-0.25, -0.2) is 14.8 Å². The van der Waals surface area contributed by atoms with E-state index in [9.17, 15) is 32.3 Å². The van der Waals surface area contributed by atoms with Crippen LogP contribution in [0, 0.1) is 5.92 Å². The average Bonchev–Trinajstić information content (AvgIpc) is 3.74. The second kappa shape index (κ2) is 15.5. The normalized spacial score (nSPS) is 20.9. The number of methoxy groups -OCH3 is 1. The lowest BCUT2D eigenvalue weighted by molar-refractivity contribution is -0.145. The molecule has 18 heteroatoms. The van der Waals surface area contributed by atoms with Crippen LogP contribution in [0.15, 0.2) is 53.6 Å². The van der Waals surface area contributed by atoms with Gasteiger partial charge in [-0.1, -0.05) is 6.07 Å².